The van der Waals surface area contributed by atoms with Crippen molar-refractivity contribution in [2.24, 2.45) is 0 Å². The van der Waals surface area contributed by atoms with Crippen molar-refractivity contribution in [3.8, 4) is 0 Å². The van der Waals surface area contributed by atoms with Gasteiger partial charge in [-0.15, -0.1) is 0 Å². The van der Waals surface area contributed by atoms with Crippen molar-refractivity contribution in [1.29, 1.82) is 0 Å². The molecule has 0 aliphatic carbocycles. The third kappa shape index (κ3) is 3.22. The maximum Gasteiger partial charge on any atom is 0.274 e. The summed E-state index contributed by atoms with van der Waals surface area (Å²) in [6.45, 7) is 3.98. The average Bonchev–Trinajstić information content (AvgIpc) is 2.97. The lowest BCUT2D eigenvalue weighted by atomic mass is 10.1. The van der Waals surface area contributed by atoms with Crippen molar-refractivity contribution in [2.45, 2.75) is 19.4 Å². The molecule has 1 aromatic heterocycles. The molecule has 0 atom stereocenters. The van der Waals surface area contributed by atoms with E-state index in [0.29, 0.717) is 44.0 Å². The zero-order valence-electron chi connectivity index (χ0n) is 14.7. The lowest BCUT2D eigenvalue weighted by Crippen LogP contribution is -2.38. The Kier molecular flexibility index (Phi) is 4.71. The molecule has 0 spiro atoms. The maximum absolute atomic E-state index is 12.9. The number of amides is 2. The summed E-state index contributed by atoms with van der Waals surface area (Å²) in [5, 5.41) is 10.6. The first-order valence-corrected chi connectivity index (χ1v) is 9.14. The van der Waals surface area contributed by atoms with Crippen LogP contribution in [0.2, 0.25) is 0 Å². The van der Waals surface area contributed by atoms with Gasteiger partial charge in [0.25, 0.3) is 11.8 Å². The molecule has 2 aliphatic rings. The van der Waals surface area contributed by atoms with E-state index >= 15 is 0 Å². The van der Waals surface area contributed by atoms with Gasteiger partial charge >= 0.3 is 0 Å². The number of aromatic nitrogens is 2. The monoisotopic (exact) mass is 353 g/mol. The highest BCUT2D eigenvalue weighted by molar-refractivity contribution is 5.95. The van der Waals surface area contributed by atoms with Gasteiger partial charge < -0.3 is 15.1 Å². The van der Waals surface area contributed by atoms with Crippen molar-refractivity contribution in [3.63, 3.8) is 0 Å². The molecule has 2 aliphatic heterocycles. The summed E-state index contributed by atoms with van der Waals surface area (Å²) in [6, 6.07) is 9.31. The quantitative estimate of drug-likeness (QED) is 0.845. The number of fused-ring (bicyclic) bond motifs is 1. The Labute approximate surface area is 152 Å². The lowest BCUT2D eigenvalue weighted by Gasteiger charge is -2.22. The Morgan fingerprint density at radius 3 is 2.46 bits per heavy atom. The fraction of sp³-hybridized carbons (Fsp3) is 0.421. The van der Waals surface area contributed by atoms with Crippen LogP contribution in [0.1, 0.15) is 38.5 Å². The highest BCUT2D eigenvalue weighted by atomic mass is 16.2. The van der Waals surface area contributed by atoms with Crippen LogP contribution in [0.4, 0.5) is 0 Å². The van der Waals surface area contributed by atoms with Gasteiger partial charge in [-0.2, -0.15) is 5.10 Å². The molecule has 2 amide bonds. The van der Waals surface area contributed by atoms with Gasteiger partial charge in [0.1, 0.15) is 0 Å². The van der Waals surface area contributed by atoms with E-state index < -0.39 is 0 Å². The summed E-state index contributed by atoms with van der Waals surface area (Å²) in [5.41, 5.74) is 3.26. The average molecular weight is 353 g/mol. The number of hydrogen-bond acceptors (Lipinski definition) is 4. The third-order valence-electron chi connectivity index (χ3n) is 5.10. The van der Waals surface area contributed by atoms with Gasteiger partial charge in [-0.25, -0.2) is 0 Å². The van der Waals surface area contributed by atoms with E-state index in [1.165, 1.54) is 0 Å². The van der Waals surface area contributed by atoms with Gasteiger partial charge in [-0.3, -0.25) is 14.7 Å². The molecule has 0 saturated carbocycles. The molecular weight excluding hydrogens is 330 g/mol. The van der Waals surface area contributed by atoms with Gasteiger partial charge in [-0.1, -0.05) is 18.2 Å². The summed E-state index contributed by atoms with van der Waals surface area (Å²) in [5.74, 6) is -0.0125. The summed E-state index contributed by atoms with van der Waals surface area (Å²) in [7, 11) is 0. The van der Waals surface area contributed by atoms with Crippen molar-refractivity contribution in [2.75, 3.05) is 32.7 Å². The number of rotatable bonds is 2. The molecule has 1 saturated heterocycles. The minimum Gasteiger partial charge on any atom is -0.337 e. The first kappa shape index (κ1) is 16.8. The second-order valence-electron chi connectivity index (χ2n) is 6.76. The number of benzene rings is 1. The largest absolute Gasteiger partial charge is 0.337 e. The van der Waals surface area contributed by atoms with Crippen LogP contribution >= 0.6 is 0 Å². The predicted molar refractivity (Wildman–Crippen MR) is 96.9 cm³/mol. The van der Waals surface area contributed by atoms with Crippen LogP contribution in [0.25, 0.3) is 0 Å². The molecular formula is C19H23N5O2. The van der Waals surface area contributed by atoms with Crippen LogP contribution in [-0.4, -0.2) is 64.5 Å². The molecule has 2 N–H and O–H groups in total. The fourth-order valence-corrected chi connectivity index (χ4v) is 3.64. The molecule has 1 fully saturated rings. The normalized spacial score (nSPS) is 17.5. The van der Waals surface area contributed by atoms with Gasteiger partial charge in [0.05, 0.1) is 0 Å². The van der Waals surface area contributed by atoms with Crippen LogP contribution < -0.4 is 5.32 Å². The zero-order valence-corrected chi connectivity index (χ0v) is 14.7. The number of aromatic amines is 1. The molecule has 4 rings (SSSR count). The number of nitrogens with zero attached hydrogens (tertiary/aromatic N) is 3. The predicted octanol–water partition coefficient (Wildman–Crippen LogP) is 1.04. The van der Waals surface area contributed by atoms with E-state index in [0.717, 1.165) is 30.6 Å². The van der Waals surface area contributed by atoms with Gasteiger partial charge in [0, 0.05) is 62.5 Å². The molecule has 0 unspecified atom stereocenters. The van der Waals surface area contributed by atoms with Crippen molar-refractivity contribution >= 4 is 11.8 Å². The first-order valence-electron chi connectivity index (χ1n) is 9.14. The van der Waals surface area contributed by atoms with E-state index in [2.05, 4.69) is 15.5 Å². The summed E-state index contributed by atoms with van der Waals surface area (Å²) in [6.07, 6.45) is 1.64. The Hall–Kier alpha value is -2.67. The highest BCUT2D eigenvalue weighted by Crippen LogP contribution is 2.18. The maximum atomic E-state index is 12.9. The smallest absolute Gasteiger partial charge is 0.274 e. The number of nitrogens with one attached hydrogen (secondary N) is 2. The Balaban J connectivity index is 1.44. The number of carbonyl (C=O) groups is 2. The third-order valence-corrected chi connectivity index (χ3v) is 5.10. The van der Waals surface area contributed by atoms with Gasteiger partial charge in [0.2, 0.25) is 0 Å². The standard InChI is InChI=1S/C19H23N5O2/c25-18(14-5-2-1-3-6-14)23-9-4-10-24(12-11-23)19(26)17-15-13-20-8-7-16(15)21-22-17/h1-3,5-6,20H,4,7-13H2,(H,21,22). The van der Waals surface area contributed by atoms with Crippen molar-refractivity contribution in [3.05, 3.63) is 52.8 Å². The Morgan fingerprint density at radius 2 is 1.69 bits per heavy atom. The van der Waals surface area contributed by atoms with Crippen molar-refractivity contribution < 1.29 is 9.59 Å². The number of carbonyl (C=O) groups excluding carboxylic acids is 2. The van der Waals surface area contributed by atoms with Crippen molar-refractivity contribution in [1.82, 2.24) is 25.3 Å². The minimum absolute atomic E-state index is 0.0289. The van der Waals surface area contributed by atoms with E-state index in [1.807, 2.05) is 40.1 Å². The van der Waals surface area contributed by atoms with Gasteiger partial charge in [0.15, 0.2) is 5.69 Å². The Morgan fingerprint density at radius 1 is 0.962 bits per heavy atom. The Bertz CT molecular complexity index is 802. The van der Waals surface area contributed by atoms with Crippen LogP contribution in [0.3, 0.4) is 0 Å². The minimum atomic E-state index is -0.0415. The topological polar surface area (TPSA) is 81.3 Å². The highest BCUT2D eigenvalue weighted by Gasteiger charge is 2.28. The SMILES string of the molecule is O=C(c1ccccc1)N1CCCN(C(=O)c2n[nH]c3c2CNCC3)CC1. The fourth-order valence-electron chi connectivity index (χ4n) is 3.64. The summed E-state index contributed by atoms with van der Waals surface area (Å²) in [4.78, 5) is 29.3. The van der Waals surface area contributed by atoms with Crippen LogP contribution in [-0.2, 0) is 13.0 Å². The van der Waals surface area contributed by atoms with E-state index in [-0.39, 0.29) is 11.8 Å². The van der Waals surface area contributed by atoms with E-state index in [9.17, 15) is 9.59 Å². The molecule has 1 aromatic carbocycles. The molecule has 136 valence electrons. The second-order valence-corrected chi connectivity index (χ2v) is 6.76. The zero-order chi connectivity index (χ0) is 17.9. The molecule has 7 nitrogen and oxygen atoms in total. The van der Waals surface area contributed by atoms with E-state index in [1.54, 1.807) is 0 Å². The molecule has 26 heavy (non-hydrogen) atoms. The van der Waals surface area contributed by atoms with Crippen LogP contribution in [0.5, 0.6) is 0 Å². The summed E-state index contributed by atoms with van der Waals surface area (Å²) < 4.78 is 0. The first-order chi connectivity index (χ1) is 12.7. The molecule has 3 heterocycles. The molecule has 0 radical (unpaired) electrons. The molecule has 2 aromatic rings. The van der Waals surface area contributed by atoms with Gasteiger partial charge in [-0.05, 0) is 18.6 Å². The number of H-pyrrole nitrogens is 1. The van der Waals surface area contributed by atoms with E-state index in [4.69, 9.17) is 0 Å². The summed E-state index contributed by atoms with van der Waals surface area (Å²) >= 11 is 0. The van der Waals surface area contributed by atoms with Crippen LogP contribution in [0.15, 0.2) is 30.3 Å². The number of hydrogen-bond donors (Lipinski definition) is 2. The second kappa shape index (κ2) is 7.29. The molecule has 0 bridgehead atoms. The lowest BCUT2D eigenvalue weighted by molar-refractivity contribution is 0.0715. The van der Waals surface area contributed by atoms with Crippen LogP contribution in [0, 0.1) is 0 Å². The molecule has 7 heteroatoms.